The maximum absolute atomic E-state index is 5.01. The monoisotopic (exact) mass is 133 g/mol. The van der Waals surface area contributed by atoms with Crippen molar-refractivity contribution >= 4 is 0 Å². The molecule has 9 heavy (non-hydrogen) atoms. The average molecular weight is 133 g/mol. The van der Waals surface area contributed by atoms with Gasteiger partial charge in [0.25, 0.3) is 0 Å². The number of nitrogens with one attached hydrogen (secondary N) is 1. The van der Waals surface area contributed by atoms with Gasteiger partial charge in [0.2, 0.25) is 0 Å². The third-order valence-corrected chi connectivity index (χ3v) is 0.846. The Morgan fingerprint density at radius 1 is 1.11 bits per heavy atom. The summed E-state index contributed by atoms with van der Waals surface area (Å²) < 4.78 is 5.01. The lowest BCUT2D eigenvalue weighted by Gasteiger charge is -2.10. The highest BCUT2D eigenvalue weighted by Gasteiger charge is 1.92. The molecule has 0 saturated carbocycles. The summed E-state index contributed by atoms with van der Waals surface area (Å²) in [7, 11) is 0. The van der Waals surface area contributed by atoms with Gasteiger partial charge in [-0.3, -0.25) is 0 Å². The summed E-state index contributed by atoms with van der Waals surface area (Å²) in [6, 6.07) is 0. The van der Waals surface area contributed by atoms with Gasteiger partial charge in [-0.25, -0.2) is 0 Å². The van der Waals surface area contributed by atoms with Crippen LogP contribution in [0.4, 0.5) is 0 Å². The van der Waals surface area contributed by atoms with E-state index in [1.54, 1.807) is 0 Å². The molecular weight excluding hydrogens is 114 g/mol. The first kappa shape index (κ1) is 11.7. The highest BCUT2D eigenvalue weighted by Crippen LogP contribution is 1.76. The zero-order valence-corrected chi connectivity index (χ0v) is 5.74. The van der Waals surface area contributed by atoms with Gasteiger partial charge < -0.3 is 10.1 Å². The van der Waals surface area contributed by atoms with Crippen LogP contribution in [-0.4, -0.2) is 26.3 Å². The van der Waals surface area contributed by atoms with Crippen molar-refractivity contribution in [1.82, 2.24) is 5.32 Å². The zero-order valence-electron chi connectivity index (χ0n) is 5.74. The molecule has 0 atom stereocenters. The molecule has 1 aliphatic heterocycles. The summed E-state index contributed by atoms with van der Waals surface area (Å²) in [4.78, 5) is 0. The average Bonchev–Trinajstić information content (AvgIpc) is 1.96. The molecule has 2 nitrogen and oxygen atoms in total. The van der Waals surface area contributed by atoms with E-state index < -0.39 is 0 Å². The Balaban J connectivity index is 0. The van der Waals surface area contributed by atoms with Crippen molar-refractivity contribution in [2.75, 3.05) is 26.3 Å². The van der Waals surface area contributed by atoms with Crippen LogP contribution in [0.2, 0.25) is 0 Å². The molecule has 1 heterocycles. The maximum atomic E-state index is 5.01. The molecule has 0 aliphatic carbocycles. The van der Waals surface area contributed by atoms with Crippen LogP contribution in [0.5, 0.6) is 0 Å². The van der Waals surface area contributed by atoms with Crippen molar-refractivity contribution < 1.29 is 4.74 Å². The Kier molecular flexibility index (Phi) is 14.0. The Morgan fingerprint density at radius 3 is 1.67 bits per heavy atom. The number of hydrogen-bond donors (Lipinski definition) is 1. The lowest BCUT2D eigenvalue weighted by molar-refractivity contribution is 0.109. The van der Waals surface area contributed by atoms with E-state index in [0.29, 0.717) is 0 Å². The molecule has 1 N–H and O–H groups in total. The van der Waals surface area contributed by atoms with Crippen molar-refractivity contribution in [3.05, 3.63) is 0 Å². The second kappa shape index (κ2) is 10.8. The minimum absolute atomic E-state index is 0. The minimum Gasteiger partial charge on any atom is -0.379 e. The maximum Gasteiger partial charge on any atom is 0.0591 e. The molecule has 1 aliphatic rings. The van der Waals surface area contributed by atoms with Crippen molar-refractivity contribution in [2.24, 2.45) is 0 Å². The quantitative estimate of drug-likeness (QED) is 0.537. The summed E-state index contributed by atoms with van der Waals surface area (Å²) >= 11 is 0. The predicted molar refractivity (Wildman–Crippen MR) is 41.8 cm³/mol. The number of morpholine rings is 1. The SMILES string of the molecule is C.C1COCCN1.CC. The van der Waals surface area contributed by atoms with Gasteiger partial charge in [-0.1, -0.05) is 21.3 Å². The molecule has 0 aromatic carbocycles. The van der Waals surface area contributed by atoms with Gasteiger partial charge in [-0.2, -0.15) is 0 Å². The lowest BCUT2D eigenvalue weighted by atomic mass is 10.5. The Hall–Kier alpha value is -0.0800. The molecule has 0 spiro atoms. The first-order valence-corrected chi connectivity index (χ1v) is 3.28. The van der Waals surface area contributed by atoms with Gasteiger partial charge in [-0.15, -0.1) is 0 Å². The van der Waals surface area contributed by atoms with Crippen molar-refractivity contribution in [2.45, 2.75) is 21.3 Å². The smallest absolute Gasteiger partial charge is 0.0591 e. The van der Waals surface area contributed by atoms with E-state index in [2.05, 4.69) is 5.32 Å². The summed E-state index contributed by atoms with van der Waals surface area (Å²) in [5.41, 5.74) is 0. The normalized spacial score (nSPS) is 16.7. The fourth-order valence-electron chi connectivity index (χ4n) is 0.516. The Morgan fingerprint density at radius 2 is 1.56 bits per heavy atom. The van der Waals surface area contributed by atoms with E-state index in [1.807, 2.05) is 13.8 Å². The fraction of sp³-hybridized carbons (Fsp3) is 1.00. The third-order valence-electron chi connectivity index (χ3n) is 0.846. The summed E-state index contributed by atoms with van der Waals surface area (Å²) in [5, 5.41) is 3.16. The first-order chi connectivity index (χ1) is 4.00. The fourth-order valence-corrected chi connectivity index (χ4v) is 0.516. The van der Waals surface area contributed by atoms with Crippen LogP contribution < -0.4 is 5.32 Å². The van der Waals surface area contributed by atoms with E-state index in [9.17, 15) is 0 Å². The highest BCUT2D eigenvalue weighted by atomic mass is 16.5. The van der Waals surface area contributed by atoms with Gasteiger partial charge in [0.15, 0.2) is 0 Å². The minimum atomic E-state index is 0. The summed E-state index contributed by atoms with van der Waals surface area (Å²) in [6.07, 6.45) is 0. The molecule has 2 heteroatoms. The van der Waals surface area contributed by atoms with Gasteiger partial charge >= 0.3 is 0 Å². The van der Waals surface area contributed by atoms with E-state index in [-0.39, 0.29) is 7.43 Å². The number of hydrogen-bond acceptors (Lipinski definition) is 2. The van der Waals surface area contributed by atoms with Gasteiger partial charge in [-0.05, 0) is 0 Å². The van der Waals surface area contributed by atoms with E-state index in [4.69, 9.17) is 4.74 Å². The first-order valence-electron chi connectivity index (χ1n) is 3.28. The molecule has 0 aromatic rings. The molecular formula is C7H19NO. The lowest BCUT2D eigenvalue weighted by Crippen LogP contribution is -2.30. The predicted octanol–water partition coefficient (Wildman–Crippen LogP) is 1.27. The molecule has 58 valence electrons. The largest absolute Gasteiger partial charge is 0.379 e. The van der Waals surface area contributed by atoms with Gasteiger partial charge in [0.05, 0.1) is 13.2 Å². The van der Waals surface area contributed by atoms with Crippen LogP contribution in [0.1, 0.15) is 21.3 Å². The van der Waals surface area contributed by atoms with Crippen LogP contribution in [0.15, 0.2) is 0 Å². The highest BCUT2D eigenvalue weighted by molar-refractivity contribution is 4.49. The molecule has 0 unspecified atom stereocenters. The van der Waals surface area contributed by atoms with Gasteiger partial charge in [0.1, 0.15) is 0 Å². The molecule has 0 amide bonds. The van der Waals surface area contributed by atoms with E-state index >= 15 is 0 Å². The van der Waals surface area contributed by atoms with Crippen molar-refractivity contribution in [1.29, 1.82) is 0 Å². The van der Waals surface area contributed by atoms with E-state index in [0.717, 1.165) is 26.3 Å². The third kappa shape index (κ3) is 7.92. The van der Waals surface area contributed by atoms with Crippen LogP contribution in [0.25, 0.3) is 0 Å². The topological polar surface area (TPSA) is 21.3 Å². The van der Waals surface area contributed by atoms with E-state index in [1.165, 1.54) is 0 Å². The zero-order chi connectivity index (χ0) is 6.24. The number of ether oxygens (including phenoxy) is 1. The van der Waals surface area contributed by atoms with Crippen LogP contribution in [-0.2, 0) is 4.74 Å². The molecule has 0 radical (unpaired) electrons. The summed E-state index contributed by atoms with van der Waals surface area (Å²) in [6.45, 7) is 7.83. The molecule has 0 aromatic heterocycles. The molecule has 1 saturated heterocycles. The second-order valence-electron chi connectivity index (χ2n) is 1.36. The molecule has 0 bridgehead atoms. The van der Waals surface area contributed by atoms with Crippen LogP contribution >= 0.6 is 0 Å². The van der Waals surface area contributed by atoms with Crippen LogP contribution in [0, 0.1) is 0 Å². The Labute approximate surface area is 58.6 Å². The van der Waals surface area contributed by atoms with Gasteiger partial charge in [0, 0.05) is 13.1 Å². The van der Waals surface area contributed by atoms with Crippen molar-refractivity contribution in [3.63, 3.8) is 0 Å². The van der Waals surface area contributed by atoms with Crippen LogP contribution in [0.3, 0.4) is 0 Å². The molecule has 1 fully saturated rings. The summed E-state index contributed by atoms with van der Waals surface area (Å²) in [5.74, 6) is 0. The van der Waals surface area contributed by atoms with Crippen molar-refractivity contribution in [3.8, 4) is 0 Å². The standard InChI is InChI=1S/C4H9NO.C2H6.CH4/c1-3-6-4-2-5-1;1-2;/h5H,1-4H2;1-2H3;1H4. The second-order valence-corrected chi connectivity index (χ2v) is 1.36. The Bertz CT molecular complexity index is 24.4. The number of rotatable bonds is 0. The molecule has 1 rings (SSSR count).